The zero-order valence-electron chi connectivity index (χ0n) is 21.8. The summed E-state index contributed by atoms with van der Waals surface area (Å²) in [4.78, 5) is 6.76. The molecule has 1 fully saturated rings. The van der Waals surface area contributed by atoms with Crippen molar-refractivity contribution >= 4 is 38.7 Å². The maximum Gasteiger partial charge on any atom is 0.229 e. The van der Waals surface area contributed by atoms with Gasteiger partial charge in [-0.25, -0.2) is 8.42 Å². The number of hydrogen-bond donors (Lipinski definition) is 2. The Bertz CT molecular complexity index is 1560. The Morgan fingerprint density at radius 1 is 1.00 bits per heavy atom. The lowest BCUT2D eigenvalue weighted by Gasteiger charge is -2.28. The van der Waals surface area contributed by atoms with Crippen LogP contribution in [0.15, 0.2) is 79.0 Å². The van der Waals surface area contributed by atoms with Crippen molar-refractivity contribution in [2.24, 2.45) is 0 Å². The zero-order valence-corrected chi connectivity index (χ0v) is 23.5. The SMILES string of the molecule is CCc1ccc(-n2c(C)cc([C@H]3[C@H](c4ccccn4)NC(=S)N3c3ccc(NS(C)(=O)=O)cc3)c2C)cc1. The Hall–Kier alpha value is -3.69. The molecule has 2 N–H and O–H groups in total. The first-order valence-corrected chi connectivity index (χ1v) is 14.8. The van der Waals surface area contributed by atoms with Crippen molar-refractivity contribution in [1.29, 1.82) is 0 Å². The molecule has 0 spiro atoms. The molecule has 4 aromatic rings. The van der Waals surface area contributed by atoms with E-state index in [0.29, 0.717) is 10.8 Å². The van der Waals surface area contributed by atoms with Crippen LogP contribution in [0.1, 0.15) is 47.2 Å². The average molecular weight is 546 g/mol. The van der Waals surface area contributed by atoms with E-state index in [1.54, 1.807) is 18.3 Å². The summed E-state index contributed by atoms with van der Waals surface area (Å²) >= 11 is 5.87. The fourth-order valence-corrected chi connectivity index (χ4v) is 6.13. The van der Waals surface area contributed by atoms with Gasteiger partial charge in [0.2, 0.25) is 10.0 Å². The van der Waals surface area contributed by atoms with E-state index in [1.807, 2.05) is 30.3 Å². The minimum atomic E-state index is -3.37. The van der Waals surface area contributed by atoms with Gasteiger partial charge in [-0.1, -0.05) is 25.1 Å². The molecule has 0 saturated carbocycles. The highest BCUT2D eigenvalue weighted by atomic mass is 32.2. The van der Waals surface area contributed by atoms with E-state index in [-0.39, 0.29) is 12.1 Å². The van der Waals surface area contributed by atoms with E-state index in [0.717, 1.165) is 46.7 Å². The molecular weight excluding hydrogens is 514 g/mol. The van der Waals surface area contributed by atoms with Gasteiger partial charge in [0, 0.05) is 34.6 Å². The molecule has 5 rings (SSSR count). The quantitative estimate of drug-likeness (QED) is 0.294. The molecule has 2 aromatic heterocycles. The second kappa shape index (κ2) is 10.2. The molecule has 0 amide bonds. The van der Waals surface area contributed by atoms with Gasteiger partial charge in [-0.2, -0.15) is 0 Å². The third-order valence-corrected chi connectivity index (χ3v) is 7.86. The second-order valence-electron chi connectivity index (χ2n) is 9.60. The van der Waals surface area contributed by atoms with Gasteiger partial charge in [0.1, 0.15) is 0 Å². The predicted molar refractivity (Wildman–Crippen MR) is 157 cm³/mol. The summed E-state index contributed by atoms with van der Waals surface area (Å²) in [6.07, 6.45) is 3.93. The van der Waals surface area contributed by atoms with Crippen LogP contribution in [0.5, 0.6) is 0 Å². The van der Waals surface area contributed by atoms with Crippen molar-refractivity contribution in [3.05, 3.63) is 107 Å². The Morgan fingerprint density at radius 2 is 1.68 bits per heavy atom. The topological polar surface area (TPSA) is 79.3 Å². The molecule has 9 heteroatoms. The first-order chi connectivity index (χ1) is 18.2. The number of anilines is 2. The summed E-state index contributed by atoms with van der Waals surface area (Å²) in [5.74, 6) is 0. The Morgan fingerprint density at radius 3 is 2.29 bits per heavy atom. The normalized spacial score (nSPS) is 17.5. The molecule has 1 aliphatic heterocycles. The molecule has 0 radical (unpaired) electrons. The molecule has 2 aromatic carbocycles. The first kappa shape index (κ1) is 25.9. The summed E-state index contributed by atoms with van der Waals surface area (Å²) in [5, 5.41) is 4.09. The van der Waals surface area contributed by atoms with Crippen LogP contribution < -0.4 is 14.9 Å². The molecule has 1 saturated heterocycles. The van der Waals surface area contributed by atoms with Crippen molar-refractivity contribution in [3.8, 4) is 5.69 Å². The lowest BCUT2D eigenvalue weighted by Crippen LogP contribution is -2.29. The standard InChI is InChI=1S/C29H31N5O2S2/c1-5-21-9-13-23(14-10-21)33-19(2)18-25(20(33)3)28-27(26-8-6-7-17-30-26)31-29(37)34(28)24-15-11-22(12-16-24)32-38(4,35)36/h6-18,27-28,32H,5H2,1-4H3,(H,31,37)/t27-,28-/m0/s1. The fraction of sp³-hybridized carbons (Fsp3) is 0.241. The van der Waals surface area contributed by atoms with Gasteiger partial charge in [0.05, 0.1) is 24.0 Å². The van der Waals surface area contributed by atoms with Crippen LogP contribution in [0, 0.1) is 13.8 Å². The van der Waals surface area contributed by atoms with Gasteiger partial charge in [-0.3, -0.25) is 9.71 Å². The smallest absolute Gasteiger partial charge is 0.229 e. The van der Waals surface area contributed by atoms with Crippen molar-refractivity contribution in [2.45, 2.75) is 39.3 Å². The summed E-state index contributed by atoms with van der Waals surface area (Å²) in [6, 6.07) is 23.8. The van der Waals surface area contributed by atoms with Crippen LogP contribution in [0.3, 0.4) is 0 Å². The van der Waals surface area contributed by atoms with Crippen molar-refractivity contribution in [1.82, 2.24) is 14.9 Å². The van der Waals surface area contributed by atoms with Gasteiger partial charge >= 0.3 is 0 Å². The first-order valence-electron chi connectivity index (χ1n) is 12.5. The highest BCUT2D eigenvalue weighted by molar-refractivity contribution is 7.92. The minimum absolute atomic E-state index is 0.166. The lowest BCUT2D eigenvalue weighted by molar-refractivity contribution is 0.565. The van der Waals surface area contributed by atoms with Gasteiger partial charge in [0.25, 0.3) is 0 Å². The number of nitrogens with zero attached hydrogens (tertiary/aromatic N) is 3. The third-order valence-electron chi connectivity index (χ3n) is 6.94. The van der Waals surface area contributed by atoms with E-state index in [4.69, 9.17) is 12.2 Å². The van der Waals surface area contributed by atoms with Gasteiger partial charge < -0.3 is 14.8 Å². The number of rotatable bonds is 7. The lowest BCUT2D eigenvalue weighted by atomic mass is 9.96. The van der Waals surface area contributed by atoms with E-state index in [2.05, 4.69) is 75.6 Å². The number of aryl methyl sites for hydroxylation is 2. The third kappa shape index (κ3) is 5.04. The van der Waals surface area contributed by atoms with Crippen LogP contribution in [0.4, 0.5) is 11.4 Å². The number of benzene rings is 2. The van der Waals surface area contributed by atoms with Gasteiger partial charge in [0.15, 0.2) is 5.11 Å². The van der Waals surface area contributed by atoms with Crippen LogP contribution >= 0.6 is 12.2 Å². The van der Waals surface area contributed by atoms with Crippen molar-refractivity contribution in [2.75, 3.05) is 15.9 Å². The molecule has 0 unspecified atom stereocenters. The summed E-state index contributed by atoms with van der Waals surface area (Å²) in [5.41, 5.74) is 8.09. The number of sulfonamides is 1. The Balaban J connectivity index is 1.61. The zero-order chi connectivity index (χ0) is 27.0. The van der Waals surface area contributed by atoms with Gasteiger partial charge in [-0.05, 0) is 98.2 Å². The van der Waals surface area contributed by atoms with Crippen LogP contribution in [-0.4, -0.2) is 29.3 Å². The molecule has 1 aliphatic rings. The molecular formula is C29H31N5O2S2. The minimum Gasteiger partial charge on any atom is -0.351 e. The van der Waals surface area contributed by atoms with Crippen molar-refractivity contribution < 1.29 is 8.42 Å². The molecule has 2 atom stereocenters. The largest absolute Gasteiger partial charge is 0.351 e. The number of nitrogens with one attached hydrogen (secondary N) is 2. The maximum absolute atomic E-state index is 11.7. The molecule has 7 nitrogen and oxygen atoms in total. The number of hydrogen-bond acceptors (Lipinski definition) is 4. The van der Waals surface area contributed by atoms with Crippen LogP contribution in [0.25, 0.3) is 5.69 Å². The summed E-state index contributed by atoms with van der Waals surface area (Å²) < 4.78 is 28.2. The van der Waals surface area contributed by atoms with E-state index < -0.39 is 10.0 Å². The molecule has 38 heavy (non-hydrogen) atoms. The van der Waals surface area contributed by atoms with E-state index in [1.165, 1.54) is 5.56 Å². The summed E-state index contributed by atoms with van der Waals surface area (Å²) in [7, 11) is -3.37. The molecule has 3 heterocycles. The second-order valence-corrected chi connectivity index (χ2v) is 11.7. The highest BCUT2D eigenvalue weighted by Crippen LogP contribution is 2.44. The molecule has 196 valence electrons. The average Bonchev–Trinajstić information content (AvgIpc) is 3.39. The van der Waals surface area contributed by atoms with Gasteiger partial charge in [-0.15, -0.1) is 0 Å². The number of thiocarbonyl (C=S) groups is 1. The summed E-state index contributed by atoms with van der Waals surface area (Å²) in [6.45, 7) is 6.42. The number of aromatic nitrogens is 2. The van der Waals surface area contributed by atoms with E-state index >= 15 is 0 Å². The maximum atomic E-state index is 11.7. The molecule has 0 bridgehead atoms. The fourth-order valence-electron chi connectivity index (χ4n) is 5.22. The van der Waals surface area contributed by atoms with Crippen LogP contribution in [-0.2, 0) is 16.4 Å². The van der Waals surface area contributed by atoms with Crippen molar-refractivity contribution in [3.63, 3.8) is 0 Å². The molecule has 0 aliphatic carbocycles. The Kier molecular flexibility index (Phi) is 6.98. The monoisotopic (exact) mass is 545 g/mol. The predicted octanol–water partition coefficient (Wildman–Crippen LogP) is 5.60. The van der Waals surface area contributed by atoms with E-state index in [9.17, 15) is 8.42 Å². The van der Waals surface area contributed by atoms with Crippen LogP contribution in [0.2, 0.25) is 0 Å². The Labute approximate surface area is 229 Å². The highest BCUT2D eigenvalue weighted by Gasteiger charge is 2.42. The number of pyridine rings is 1.